The molecule has 0 spiro atoms. The molecule has 0 aromatic heterocycles. The first kappa shape index (κ1) is 21.3. The van der Waals surface area contributed by atoms with Gasteiger partial charge in [0.15, 0.2) is 13.1 Å². The van der Waals surface area contributed by atoms with Gasteiger partial charge in [0.2, 0.25) is 0 Å². The Morgan fingerprint density at radius 2 is 1.59 bits per heavy atom. The van der Waals surface area contributed by atoms with Crippen LogP contribution in [-0.2, 0) is 9.59 Å². The Morgan fingerprint density at radius 1 is 1.04 bits per heavy atom. The summed E-state index contributed by atoms with van der Waals surface area (Å²) >= 11 is 0. The normalized spacial score (nSPS) is 20.0. The van der Waals surface area contributed by atoms with Gasteiger partial charge in [0.25, 0.3) is 11.8 Å². The van der Waals surface area contributed by atoms with Crippen LogP contribution in [0.2, 0.25) is 0 Å². The monoisotopic (exact) mass is 380 g/mol. The minimum Gasteiger partial charge on any atom is -0.333 e. The highest BCUT2D eigenvalue weighted by Gasteiger charge is 2.29. The molecule has 6 nitrogen and oxygen atoms in total. The quantitative estimate of drug-likeness (QED) is 0.580. The average molecular weight is 381 g/mol. The van der Waals surface area contributed by atoms with Crippen molar-refractivity contribution in [2.75, 3.05) is 44.6 Å². The fraction of sp³-hybridized carbons (Fsp3) is 0.600. The fourth-order valence-corrected chi connectivity index (χ4v) is 3.79. The molecule has 1 saturated heterocycles. The topological polar surface area (TPSA) is 58.3 Å². The van der Waals surface area contributed by atoms with Gasteiger partial charge in [-0.2, -0.15) is 0 Å². The van der Waals surface area contributed by atoms with E-state index < -0.39 is 0 Å². The van der Waals surface area contributed by atoms with Crippen LogP contribution in [0.15, 0.2) is 24.3 Å². The third-order valence-corrected chi connectivity index (χ3v) is 4.99. The SMILES string of the molecule is CC(C)N(C(=O)C[NH+]1CC[NH+](CC(=O)Nc2cccc(F)c2)CC1)C(C)C. The summed E-state index contributed by atoms with van der Waals surface area (Å²) in [7, 11) is 0. The molecule has 0 atom stereocenters. The zero-order valence-electron chi connectivity index (χ0n) is 16.8. The van der Waals surface area contributed by atoms with Gasteiger partial charge in [0.1, 0.15) is 32.0 Å². The minimum atomic E-state index is -0.362. The molecule has 1 aromatic carbocycles. The lowest BCUT2D eigenvalue weighted by molar-refractivity contribution is -1.00. The number of carbonyl (C=O) groups excluding carboxylic acids is 2. The summed E-state index contributed by atoms with van der Waals surface area (Å²) < 4.78 is 13.2. The summed E-state index contributed by atoms with van der Waals surface area (Å²) in [6.07, 6.45) is 0. The number of benzene rings is 1. The number of nitrogens with zero attached hydrogens (tertiary/aromatic N) is 1. The molecule has 1 aliphatic rings. The van der Waals surface area contributed by atoms with E-state index in [0.29, 0.717) is 18.8 Å². The second kappa shape index (κ2) is 9.80. The van der Waals surface area contributed by atoms with Gasteiger partial charge in [0, 0.05) is 17.8 Å². The molecule has 1 fully saturated rings. The van der Waals surface area contributed by atoms with Crippen molar-refractivity contribution in [1.29, 1.82) is 0 Å². The third kappa shape index (κ3) is 6.59. The van der Waals surface area contributed by atoms with Crippen LogP contribution in [0.1, 0.15) is 27.7 Å². The smallest absolute Gasteiger partial charge is 0.279 e. The van der Waals surface area contributed by atoms with Crippen LogP contribution in [-0.4, -0.2) is 68.1 Å². The van der Waals surface area contributed by atoms with Crippen LogP contribution in [0.3, 0.4) is 0 Å². The van der Waals surface area contributed by atoms with E-state index >= 15 is 0 Å². The Bertz CT molecular complexity index is 635. The van der Waals surface area contributed by atoms with Gasteiger partial charge in [-0.1, -0.05) is 6.07 Å². The summed E-state index contributed by atoms with van der Waals surface area (Å²) in [4.78, 5) is 29.2. The number of nitrogens with one attached hydrogen (secondary N) is 3. The van der Waals surface area contributed by atoms with Crippen molar-refractivity contribution in [3.8, 4) is 0 Å². The predicted octanol–water partition coefficient (Wildman–Crippen LogP) is -0.807. The van der Waals surface area contributed by atoms with Crippen molar-refractivity contribution < 1.29 is 23.8 Å². The molecule has 0 bridgehead atoms. The number of quaternary nitrogens is 2. The molecule has 1 aliphatic heterocycles. The van der Waals surface area contributed by atoms with Gasteiger partial charge in [-0.15, -0.1) is 0 Å². The molecule has 150 valence electrons. The molecule has 0 radical (unpaired) electrons. The van der Waals surface area contributed by atoms with Crippen LogP contribution in [0.5, 0.6) is 0 Å². The van der Waals surface area contributed by atoms with Crippen LogP contribution in [0.4, 0.5) is 10.1 Å². The van der Waals surface area contributed by atoms with Crippen molar-refractivity contribution in [3.63, 3.8) is 0 Å². The second-order valence-corrected chi connectivity index (χ2v) is 7.90. The molecule has 2 rings (SSSR count). The van der Waals surface area contributed by atoms with Crippen LogP contribution in [0.25, 0.3) is 0 Å². The largest absolute Gasteiger partial charge is 0.333 e. The summed E-state index contributed by atoms with van der Waals surface area (Å²) in [5.41, 5.74) is 0.483. The molecule has 3 N–H and O–H groups in total. The maximum Gasteiger partial charge on any atom is 0.279 e. The Hall–Kier alpha value is -1.99. The Morgan fingerprint density at radius 3 is 2.11 bits per heavy atom. The highest BCUT2D eigenvalue weighted by molar-refractivity contribution is 5.91. The van der Waals surface area contributed by atoms with E-state index in [0.717, 1.165) is 26.2 Å². The highest BCUT2D eigenvalue weighted by Crippen LogP contribution is 2.08. The molecule has 0 unspecified atom stereocenters. The van der Waals surface area contributed by atoms with Crippen LogP contribution in [0, 0.1) is 5.82 Å². The molecular formula is C20H33FN4O2+2. The molecule has 0 aliphatic carbocycles. The number of rotatable bonds is 7. The first-order valence-corrected chi connectivity index (χ1v) is 9.80. The standard InChI is InChI=1S/C20H31FN4O2/c1-15(2)25(16(3)4)20(27)14-24-10-8-23(9-11-24)13-19(26)22-18-7-5-6-17(21)12-18/h5-7,12,15-16H,8-11,13-14H2,1-4H3,(H,22,26)/p+2. The molecule has 7 heteroatoms. The van der Waals surface area contributed by atoms with E-state index in [1.54, 1.807) is 12.1 Å². The number of anilines is 1. The lowest BCUT2D eigenvalue weighted by Gasteiger charge is -2.34. The Kier molecular flexibility index (Phi) is 7.74. The van der Waals surface area contributed by atoms with Crippen LogP contribution < -0.4 is 15.1 Å². The van der Waals surface area contributed by atoms with Crippen molar-refractivity contribution >= 4 is 17.5 Å². The van der Waals surface area contributed by atoms with Gasteiger partial charge in [-0.05, 0) is 45.9 Å². The third-order valence-electron chi connectivity index (χ3n) is 4.99. The number of piperazine rings is 1. The van der Waals surface area contributed by atoms with E-state index in [9.17, 15) is 14.0 Å². The van der Waals surface area contributed by atoms with Crippen molar-refractivity contribution in [1.82, 2.24) is 4.90 Å². The Balaban J connectivity index is 1.76. The lowest BCUT2D eigenvalue weighted by atomic mass is 10.2. The molecular weight excluding hydrogens is 347 g/mol. The van der Waals surface area contributed by atoms with E-state index in [1.165, 1.54) is 21.9 Å². The minimum absolute atomic E-state index is 0.110. The first-order chi connectivity index (χ1) is 12.8. The van der Waals surface area contributed by atoms with Gasteiger partial charge >= 0.3 is 0 Å². The number of amides is 2. The summed E-state index contributed by atoms with van der Waals surface area (Å²) in [6.45, 7) is 12.5. The van der Waals surface area contributed by atoms with Gasteiger partial charge in [-0.3, -0.25) is 9.59 Å². The predicted molar refractivity (Wildman–Crippen MR) is 103 cm³/mol. The maximum atomic E-state index is 13.2. The Labute approximate surface area is 161 Å². The molecule has 0 saturated carbocycles. The lowest BCUT2D eigenvalue weighted by Crippen LogP contribution is -3.28. The number of hydrogen-bond acceptors (Lipinski definition) is 2. The van der Waals surface area contributed by atoms with E-state index in [4.69, 9.17) is 0 Å². The van der Waals surface area contributed by atoms with Crippen molar-refractivity contribution in [2.24, 2.45) is 0 Å². The molecule has 27 heavy (non-hydrogen) atoms. The molecule has 1 heterocycles. The highest BCUT2D eigenvalue weighted by atomic mass is 19.1. The van der Waals surface area contributed by atoms with Gasteiger partial charge in [0.05, 0.1) is 0 Å². The number of carbonyl (C=O) groups is 2. The average Bonchev–Trinajstić information content (AvgIpc) is 2.55. The number of halogens is 1. The summed E-state index contributed by atoms with van der Waals surface area (Å²) in [5, 5.41) is 2.75. The molecule has 1 aromatic rings. The molecule has 2 amide bonds. The number of hydrogen-bond donors (Lipinski definition) is 3. The summed E-state index contributed by atoms with van der Waals surface area (Å²) in [6, 6.07) is 6.33. The van der Waals surface area contributed by atoms with E-state index in [1.807, 2.05) is 32.6 Å². The summed E-state index contributed by atoms with van der Waals surface area (Å²) in [5.74, 6) is -0.276. The van der Waals surface area contributed by atoms with Crippen LogP contribution >= 0.6 is 0 Å². The van der Waals surface area contributed by atoms with Gasteiger partial charge < -0.3 is 20.0 Å². The zero-order chi connectivity index (χ0) is 20.0. The fourth-order valence-electron chi connectivity index (χ4n) is 3.79. The van der Waals surface area contributed by atoms with Crippen molar-refractivity contribution in [2.45, 2.75) is 39.8 Å². The van der Waals surface area contributed by atoms with Crippen molar-refractivity contribution in [3.05, 3.63) is 30.1 Å². The maximum absolute atomic E-state index is 13.2. The second-order valence-electron chi connectivity index (χ2n) is 7.90. The van der Waals surface area contributed by atoms with E-state index in [-0.39, 0.29) is 29.7 Å². The first-order valence-electron chi connectivity index (χ1n) is 9.80. The van der Waals surface area contributed by atoms with E-state index in [2.05, 4.69) is 5.32 Å². The van der Waals surface area contributed by atoms with Gasteiger partial charge in [-0.25, -0.2) is 4.39 Å². The zero-order valence-corrected chi connectivity index (χ0v) is 16.8.